The maximum atomic E-state index is 12.6. The van der Waals surface area contributed by atoms with E-state index in [1.54, 1.807) is 6.92 Å². The Morgan fingerprint density at radius 1 is 1.08 bits per heavy atom. The minimum absolute atomic E-state index is 0.141. The Kier molecular flexibility index (Phi) is 5.75. The van der Waals surface area contributed by atoms with Crippen molar-refractivity contribution >= 4 is 6.03 Å². The number of halogens is 3. The van der Waals surface area contributed by atoms with Gasteiger partial charge >= 0.3 is 12.2 Å². The van der Waals surface area contributed by atoms with Crippen molar-refractivity contribution in [2.45, 2.75) is 50.9 Å². The van der Waals surface area contributed by atoms with Gasteiger partial charge < -0.3 is 15.1 Å². The van der Waals surface area contributed by atoms with Gasteiger partial charge in [0, 0.05) is 19.1 Å². The first-order valence-corrected chi connectivity index (χ1v) is 9.31. The van der Waals surface area contributed by atoms with Crippen molar-refractivity contribution < 1.29 is 18.0 Å². The zero-order valence-corrected chi connectivity index (χ0v) is 15.1. The lowest BCUT2D eigenvalue weighted by molar-refractivity contribution is -0.137. The van der Waals surface area contributed by atoms with Gasteiger partial charge in [-0.05, 0) is 63.4 Å². The number of piperidine rings is 1. The number of nitrogens with zero attached hydrogens (tertiary/aromatic N) is 2. The van der Waals surface area contributed by atoms with Crippen molar-refractivity contribution in [3.63, 3.8) is 0 Å². The lowest BCUT2D eigenvalue weighted by atomic mass is 10.0. The summed E-state index contributed by atoms with van der Waals surface area (Å²) >= 11 is 0. The van der Waals surface area contributed by atoms with E-state index in [0.717, 1.165) is 38.1 Å². The van der Waals surface area contributed by atoms with E-state index in [2.05, 4.69) is 10.2 Å². The highest BCUT2D eigenvalue weighted by Gasteiger charge is 2.31. The molecule has 2 saturated heterocycles. The number of rotatable bonds is 3. The third-order valence-electron chi connectivity index (χ3n) is 5.49. The normalized spacial score (nSPS) is 21.0. The number of likely N-dealkylation sites (tertiary alicyclic amines) is 2. The monoisotopic (exact) mass is 369 g/mol. The van der Waals surface area contributed by atoms with Gasteiger partial charge in [-0.3, -0.25) is 0 Å². The molecule has 0 saturated carbocycles. The summed E-state index contributed by atoms with van der Waals surface area (Å²) in [6.45, 7) is 5.58. The fourth-order valence-corrected chi connectivity index (χ4v) is 3.86. The number of urea groups is 1. The lowest BCUT2D eigenvalue weighted by Gasteiger charge is -2.37. The first-order chi connectivity index (χ1) is 12.3. The third kappa shape index (κ3) is 4.50. The Morgan fingerprint density at radius 3 is 2.19 bits per heavy atom. The van der Waals surface area contributed by atoms with Crippen LogP contribution in [0.3, 0.4) is 0 Å². The number of hydrogen-bond donors (Lipinski definition) is 1. The lowest BCUT2D eigenvalue weighted by Crippen LogP contribution is -2.49. The molecule has 0 bridgehead atoms. The molecule has 144 valence electrons. The summed E-state index contributed by atoms with van der Waals surface area (Å²) < 4.78 is 37.9. The molecule has 1 aromatic carbocycles. The van der Waals surface area contributed by atoms with E-state index >= 15 is 0 Å². The molecule has 1 aromatic rings. The van der Waals surface area contributed by atoms with Crippen molar-refractivity contribution in [1.82, 2.24) is 15.1 Å². The minimum Gasteiger partial charge on any atom is -0.331 e. The molecule has 4 nitrogen and oxygen atoms in total. The van der Waals surface area contributed by atoms with Gasteiger partial charge in [0.1, 0.15) is 0 Å². The Morgan fingerprint density at radius 2 is 1.65 bits per heavy atom. The molecule has 1 N–H and O–H groups in total. The number of benzene rings is 1. The van der Waals surface area contributed by atoms with Crippen LogP contribution in [0.1, 0.15) is 49.8 Å². The molecule has 3 rings (SSSR count). The number of nitrogens with one attached hydrogen (secondary N) is 1. The molecule has 0 aliphatic carbocycles. The average Bonchev–Trinajstić information content (AvgIpc) is 3.16. The molecule has 0 spiro atoms. The topological polar surface area (TPSA) is 35.6 Å². The van der Waals surface area contributed by atoms with E-state index in [4.69, 9.17) is 0 Å². The molecule has 1 atom stereocenters. The van der Waals surface area contributed by atoms with E-state index in [9.17, 15) is 18.0 Å². The molecule has 2 fully saturated rings. The summed E-state index contributed by atoms with van der Waals surface area (Å²) in [6, 6.07) is 5.06. The first-order valence-electron chi connectivity index (χ1n) is 9.31. The van der Waals surface area contributed by atoms with Gasteiger partial charge in [0.05, 0.1) is 11.6 Å². The van der Waals surface area contributed by atoms with Crippen LogP contribution in [0.15, 0.2) is 24.3 Å². The van der Waals surface area contributed by atoms with Crippen LogP contribution in [-0.4, -0.2) is 48.1 Å². The zero-order valence-electron chi connectivity index (χ0n) is 15.1. The van der Waals surface area contributed by atoms with Crippen molar-refractivity contribution in [1.29, 1.82) is 0 Å². The molecule has 1 unspecified atom stereocenters. The van der Waals surface area contributed by atoms with Crippen LogP contribution in [0.5, 0.6) is 0 Å². The number of amides is 2. The molecular formula is C19H26F3N3O. The number of carbonyl (C=O) groups is 1. The van der Waals surface area contributed by atoms with Gasteiger partial charge in [-0.2, -0.15) is 13.2 Å². The molecule has 2 aliphatic heterocycles. The highest BCUT2D eigenvalue weighted by molar-refractivity contribution is 5.74. The van der Waals surface area contributed by atoms with Crippen molar-refractivity contribution in [3.8, 4) is 0 Å². The van der Waals surface area contributed by atoms with Gasteiger partial charge in [0.25, 0.3) is 0 Å². The molecular weight excluding hydrogens is 343 g/mol. The van der Waals surface area contributed by atoms with Crippen molar-refractivity contribution in [3.05, 3.63) is 35.4 Å². The highest BCUT2D eigenvalue weighted by Crippen LogP contribution is 2.30. The predicted molar refractivity (Wildman–Crippen MR) is 93.8 cm³/mol. The second-order valence-electron chi connectivity index (χ2n) is 7.25. The molecule has 7 heteroatoms. The molecule has 2 heterocycles. The Bertz CT molecular complexity index is 603. The van der Waals surface area contributed by atoms with E-state index in [-0.39, 0.29) is 12.1 Å². The summed E-state index contributed by atoms with van der Waals surface area (Å²) in [7, 11) is 0. The number of carbonyl (C=O) groups excluding carboxylic acids is 1. The maximum absolute atomic E-state index is 12.6. The molecule has 2 aliphatic rings. The minimum atomic E-state index is -4.34. The molecule has 2 amide bonds. The fourth-order valence-electron chi connectivity index (χ4n) is 3.86. The van der Waals surface area contributed by atoms with Crippen LogP contribution >= 0.6 is 0 Å². The summed E-state index contributed by atoms with van der Waals surface area (Å²) in [4.78, 5) is 16.8. The van der Waals surface area contributed by atoms with Crippen LogP contribution in [0.25, 0.3) is 0 Å². The van der Waals surface area contributed by atoms with E-state index in [0.29, 0.717) is 11.6 Å². The average molecular weight is 369 g/mol. The highest BCUT2D eigenvalue weighted by atomic mass is 19.4. The molecule has 0 radical (unpaired) electrons. The van der Waals surface area contributed by atoms with Crippen molar-refractivity contribution in [2.24, 2.45) is 0 Å². The summed E-state index contributed by atoms with van der Waals surface area (Å²) in [5.41, 5.74) is -0.0120. The number of alkyl halides is 3. The quantitative estimate of drug-likeness (QED) is 0.873. The van der Waals surface area contributed by atoms with Crippen LogP contribution in [0.2, 0.25) is 0 Å². The Balaban J connectivity index is 1.50. The van der Waals surface area contributed by atoms with Crippen LogP contribution < -0.4 is 5.32 Å². The van der Waals surface area contributed by atoms with E-state index in [1.165, 1.54) is 38.1 Å². The second-order valence-corrected chi connectivity index (χ2v) is 7.25. The molecule has 0 aromatic heterocycles. The fraction of sp³-hybridized carbons (Fsp3) is 0.632. The third-order valence-corrected chi connectivity index (χ3v) is 5.49. The van der Waals surface area contributed by atoms with Gasteiger partial charge in [0.15, 0.2) is 0 Å². The van der Waals surface area contributed by atoms with Crippen LogP contribution in [0, 0.1) is 0 Å². The summed E-state index contributed by atoms with van der Waals surface area (Å²) in [5, 5.41) is 2.90. The maximum Gasteiger partial charge on any atom is 0.416 e. The SMILES string of the molecule is CC(NC(=O)N1CCC(N2CCCC2)CC1)c1ccc(C(F)(F)F)cc1. The van der Waals surface area contributed by atoms with E-state index < -0.39 is 11.7 Å². The van der Waals surface area contributed by atoms with Gasteiger partial charge in [-0.1, -0.05) is 12.1 Å². The standard InChI is InChI=1S/C19H26F3N3O/c1-14(15-4-6-16(7-5-15)19(20,21)22)23-18(26)25-12-8-17(9-13-25)24-10-2-3-11-24/h4-7,14,17H,2-3,8-13H2,1H3,(H,23,26). The van der Waals surface area contributed by atoms with Gasteiger partial charge in [-0.15, -0.1) is 0 Å². The Labute approximate surface area is 152 Å². The number of hydrogen-bond acceptors (Lipinski definition) is 2. The van der Waals surface area contributed by atoms with Gasteiger partial charge in [0.2, 0.25) is 0 Å². The predicted octanol–water partition coefficient (Wildman–Crippen LogP) is 4.04. The largest absolute Gasteiger partial charge is 0.416 e. The zero-order chi connectivity index (χ0) is 18.7. The Hall–Kier alpha value is -1.76. The van der Waals surface area contributed by atoms with Crippen molar-refractivity contribution in [2.75, 3.05) is 26.2 Å². The smallest absolute Gasteiger partial charge is 0.331 e. The first kappa shape index (κ1) is 19.0. The van der Waals surface area contributed by atoms with Crippen LogP contribution in [-0.2, 0) is 6.18 Å². The van der Waals surface area contributed by atoms with E-state index in [1.807, 2.05) is 4.90 Å². The summed E-state index contributed by atoms with van der Waals surface area (Å²) in [6.07, 6.45) is 0.172. The van der Waals surface area contributed by atoms with Gasteiger partial charge in [-0.25, -0.2) is 4.79 Å². The summed E-state index contributed by atoms with van der Waals surface area (Å²) in [5.74, 6) is 0. The van der Waals surface area contributed by atoms with Crippen LogP contribution in [0.4, 0.5) is 18.0 Å². The second kappa shape index (κ2) is 7.86. The molecule has 26 heavy (non-hydrogen) atoms.